The van der Waals surface area contributed by atoms with Gasteiger partial charge in [-0.25, -0.2) is 0 Å². The molecule has 0 aromatic carbocycles. The molecule has 7 heteroatoms. The second kappa shape index (κ2) is 8.76. The summed E-state index contributed by atoms with van der Waals surface area (Å²) in [4.78, 5) is 31.3. The van der Waals surface area contributed by atoms with Crippen molar-refractivity contribution in [2.45, 2.75) is 51.5 Å². The van der Waals surface area contributed by atoms with Gasteiger partial charge in [-0.05, 0) is 49.8 Å². The van der Waals surface area contributed by atoms with Gasteiger partial charge in [0, 0.05) is 43.0 Å². The molecule has 2 fully saturated rings. The minimum Gasteiger partial charge on any atom is -0.353 e. The summed E-state index contributed by atoms with van der Waals surface area (Å²) in [7, 11) is 0. The first-order valence-electron chi connectivity index (χ1n) is 10.7. The SMILES string of the molecule is CC1CCCCC1NC(=O)C1CCN(C(=O)c2cc(-c3ccncc3)n[nH]2)CC1. The van der Waals surface area contributed by atoms with E-state index in [1.54, 1.807) is 18.5 Å². The fourth-order valence-electron chi connectivity index (χ4n) is 4.45. The summed E-state index contributed by atoms with van der Waals surface area (Å²) in [6.45, 7) is 3.43. The Morgan fingerprint density at radius 2 is 1.83 bits per heavy atom. The predicted octanol–water partition coefficient (Wildman–Crippen LogP) is 3.02. The van der Waals surface area contributed by atoms with Gasteiger partial charge in [-0.2, -0.15) is 5.10 Å². The van der Waals surface area contributed by atoms with Gasteiger partial charge in [0.2, 0.25) is 5.91 Å². The van der Waals surface area contributed by atoms with Gasteiger partial charge in [-0.1, -0.05) is 19.8 Å². The van der Waals surface area contributed by atoms with Gasteiger partial charge >= 0.3 is 0 Å². The van der Waals surface area contributed by atoms with Crippen molar-refractivity contribution in [1.82, 2.24) is 25.4 Å². The monoisotopic (exact) mass is 395 g/mol. The molecule has 2 aromatic heterocycles. The van der Waals surface area contributed by atoms with E-state index in [4.69, 9.17) is 0 Å². The van der Waals surface area contributed by atoms with E-state index in [1.165, 1.54) is 19.3 Å². The van der Waals surface area contributed by atoms with Gasteiger partial charge in [-0.3, -0.25) is 19.7 Å². The highest BCUT2D eigenvalue weighted by molar-refractivity contribution is 5.93. The van der Waals surface area contributed by atoms with Crippen LogP contribution in [0.1, 0.15) is 55.9 Å². The first kappa shape index (κ1) is 19.6. The summed E-state index contributed by atoms with van der Waals surface area (Å²) in [5.41, 5.74) is 2.13. The minimum absolute atomic E-state index is 0.00215. The number of hydrogen-bond acceptors (Lipinski definition) is 4. The third kappa shape index (κ3) is 4.49. The first-order valence-corrected chi connectivity index (χ1v) is 10.7. The number of amides is 2. The number of nitrogens with one attached hydrogen (secondary N) is 2. The lowest BCUT2D eigenvalue weighted by atomic mass is 9.85. The van der Waals surface area contributed by atoms with Crippen molar-refractivity contribution in [2.75, 3.05) is 13.1 Å². The van der Waals surface area contributed by atoms with Crippen LogP contribution in [-0.2, 0) is 4.79 Å². The van der Waals surface area contributed by atoms with Gasteiger partial charge in [-0.15, -0.1) is 0 Å². The van der Waals surface area contributed by atoms with Crippen molar-refractivity contribution in [2.24, 2.45) is 11.8 Å². The topological polar surface area (TPSA) is 91.0 Å². The average molecular weight is 396 g/mol. The molecule has 0 spiro atoms. The second-order valence-electron chi connectivity index (χ2n) is 8.35. The number of pyridine rings is 1. The van der Waals surface area contributed by atoms with Crippen LogP contribution in [0.5, 0.6) is 0 Å². The van der Waals surface area contributed by atoms with Crippen LogP contribution in [0.3, 0.4) is 0 Å². The van der Waals surface area contributed by atoms with Crippen molar-refractivity contribution in [1.29, 1.82) is 0 Å². The summed E-state index contributed by atoms with van der Waals surface area (Å²) >= 11 is 0. The number of likely N-dealkylation sites (tertiary alicyclic amines) is 1. The first-order chi connectivity index (χ1) is 14.1. The molecule has 0 radical (unpaired) electrons. The molecule has 1 aliphatic carbocycles. The zero-order valence-corrected chi connectivity index (χ0v) is 16.9. The zero-order valence-electron chi connectivity index (χ0n) is 16.9. The van der Waals surface area contributed by atoms with E-state index < -0.39 is 0 Å². The molecule has 1 saturated carbocycles. The third-order valence-electron chi connectivity index (χ3n) is 6.38. The molecule has 7 nitrogen and oxygen atoms in total. The van der Waals surface area contributed by atoms with E-state index in [0.29, 0.717) is 43.6 Å². The van der Waals surface area contributed by atoms with E-state index in [9.17, 15) is 9.59 Å². The maximum Gasteiger partial charge on any atom is 0.271 e. The third-order valence-corrected chi connectivity index (χ3v) is 6.38. The molecule has 2 aromatic rings. The number of hydrogen-bond donors (Lipinski definition) is 2. The van der Waals surface area contributed by atoms with E-state index in [2.05, 4.69) is 27.4 Å². The molecular formula is C22H29N5O2. The van der Waals surface area contributed by atoms with E-state index in [1.807, 2.05) is 17.0 Å². The molecule has 1 saturated heterocycles. The van der Waals surface area contributed by atoms with Crippen LogP contribution in [0.15, 0.2) is 30.6 Å². The lowest BCUT2D eigenvalue weighted by molar-refractivity contribution is -0.127. The fourth-order valence-corrected chi connectivity index (χ4v) is 4.45. The Labute approximate surface area is 171 Å². The molecule has 154 valence electrons. The van der Waals surface area contributed by atoms with Crippen LogP contribution in [0.2, 0.25) is 0 Å². The predicted molar refractivity (Wildman–Crippen MR) is 110 cm³/mol. The summed E-state index contributed by atoms with van der Waals surface area (Å²) in [6, 6.07) is 5.82. The molecule has 2 unspecified atom stereocenters. The number of aromatic amines is 1. The van der Waals surface area contributed by atoms with Crippen LogP contribution < -0.4 is 5.32 Å². The number of rotatable bonds is 4. The summed E-state index contributed by atoms with van der Waals surface area (Å²) < 4.78 is 0. The number of carbonyl (C=O) groups is 2. The smallest absolute Gasteiger partial charge is 0.271 e. The van der Waals surface area contributed by atoms with Gasteiger partial charge in [0.25, 0.3) is 5.91 Å². The fraction of sp³-hybridized carbons (Fsp3) is 0.545. The highest BCUT2D eigenvalue weighted by Crippen LogP contribution is 2.26. The summed E-state index contributed by atoms with van der Waals surface area (Å²) in [6.07, 6.45) is 9.59. The molecule has 2 aliphatic rings. The number of H-pyrrole nitrogens is 1. The number of aromatic nitrogens is 3. The summed E-state index contributed by atoms with van der Waals surface area (Å²) in [5, 5.41) is 10.4. The average Bonchev–Trinajstić information content (AvgIpc) is 3.26. The quantitative estimate of drug-likeness (QED) is 0.832. The van der Waals surface area contributed by atoms with Crippen LogP contribution in [0, 0.1) is 11.8 Å². The zero-order chi connectivity index (χ0) is 20.2. The lowest BCUT2D eigenvalue weighted by Gasteiger charge is -2.34. The molecule has 29 heavy (non-hydrogen) atoms. The number of nitrogens with zero attached hydrogens (tertiary/aromatic N) is 3. The van der Waals surface area contributed by atoms with E-state index >= 15 is 0 Å². The maximum atomic E-state index is 12.8. The molecule has 2 N–H and O–H groups in total. The maximum absolute atomic E-state index is 12.8. The normalized spacial score (nSPS) is 23.0. The van der Waals surface area contributed by atoms with Crippen molar-refractivity contribution >= 4 is 11.8 Å². The Balaban J connectivity index is 1.31. The van der Waals surface area contributed by atoms with Crippen LogP contribution >= 0.6 is 0 Å². The van der Waals surface area contributed by atoms with Crippen molar-refractivity contribution < 1.29 is 9.59 Å². The molecule has 2 atom stereocenters. The Kier molecular flexibility index (Phi) is 5.92. The largest absolute Gasteiger partial charge is 0.353 e. The number of piperidine rings is 1. The van der Waals surface area contributed by atoms with Gasteiger partial charge < -0.3 is 10.2 Å². The molecular weight excluding hydrogens is 366 g/mol. The standard InChI is InChI=1S/C22H29N5O2/c1-15-4-2-3-5-18(15)24-21(28)17-8-12-27(13-9-17)22(29)20-14-19(25-26-20)16-6-10-23-11-7-16/h6-7,10-11,14-15,17-18H,2-5,8-9,12-13H2,1H3,(H,24,28)(H,25,26). The van der Waals surface area contributed by atoms with E-state index in [0.717, 1.165) is 17.7 Å². The Morgan fingerprint density at radius 1 is 1.10 bits per heavy atom. The van der Waals surface area contributed by atoms with Crippen molar-refractivity contribution in [3.63, 3.8) is 0 Å². The Morgan fingerprint density at radius 3 is 2.55 bits per heavy atom. The van der Waals surface area contributed by atoms with Gasteiger partial charge in [0.1, 0.15) is 5.69 Å². The van der Waals surface area contributed by atoms with Crippen molar-refractivity contribution in [3.8, 4) is 11.3 Å². The highest BCUT2D eigenvalue weighted by atomic mass is 16.2. The van der Waals surface area contributed by atoms with Crippen LogP contribution in [0.4, 0.5) is 0 Å². The Hall–Kier alpha value is -2.70. The van der Waals surface area contributed by atoms with Gasteiger partial charge in [0.15, 0.2) is 0 Å². The highest BCUT2D eigenvalue weighted by Gasteiger charge is 2.31. The van der Waals surface area contributed by atoms with Crippen molar-refractivity contribution in [3.05, 3.63) is 36.3 Å². The number of carbonyl (C=O) groups excluding carboxylic acids is 2. The Bertz CT molecular complexity index is 842. The van der Waals surface area contributed by atoms with E-state index in [-0.39, 0.29) is 17.7 Å². The minimum atomic E-state index is -0.0578. The van der Waals surface area contributed by atoms with Crippen LogP contribution in [0.25, 0.3) is 11.3 Å². The molecule has 0 bridgehead atoms. The van der Waals surface area contributed by atoms with Crippen LogP contribution in [-0.4, -0.2) is 51.0 Å². The molecule has 1 aliphatic heterocycles. The molecule has 2 amide bonds. The lowest BCUT2D eigenvalue weighted by Crippen LogP contribution is -2.47. The molecule has 3 heterocycles. The molecule has 4 rings (SSSR count). The van der Waals surface area contributed by atoms with Gasteiger partial charge in [0.05, 0.1) is 5.69 Å². The summed E-state index contributed by atoms with van der Waals surface area (Å²) in [5.74, 6) is 0.668. The second-order valence-corrected chi connectivity index (χ2v) is 8.35.